The zero-order valence-electron chi connectivity index (χ0n) is 17.0. The lowest BCUT2D eigenvalue weighted by molar-refractivity contribution is -0.134. The normalized spacial score (nSPS) is 19.7. The van der Waals surface area contributed by atoms with Crippen molar-refractivity contribution in [1.29, 1.82) is 0 Å². The molecule has 1 aromatic heterocycles. The Balaban J connectivity index is 1.48. The summed E-state index contributed by atoms with van der Waals surface area (Å²) in [4.78, 5) is 19.1. The third-order valence-corrected chi connectivity index (χ3v) is 9.57. The molecule has 2 fully saturated rings. The van der Waals surface area contributed by atoms with Gasteiger partial charge < -0.3 is 9.64 Å². The number of halogens is 2. The topological polar surface area (TPSA) is 112 Å². The summed E-state index contributed by atoms with van der Waals surface area (Å²) >= 11 is 1.23. The molecule has 0 aliphatic carbocycles. The molecule has 2 aliphatic rings. The van der Waals surface area contributed by atoms with Gasteiger partial charge in [-0.2, -0.15) is 4.31 Å². The Bertz CT molecular complexity index is 1100. The Kier molecular flexibility index (Phi) is 6.45. The molecule has 0 radical (unpaired) electrons. The molecule has 0 spiro atoms. The number of piperazine rings is 1. The zero-order valence-corrected chi connectivity index (χ0v) is 18.6. The number of carbonyl (C=O) groups is 1. The van der Waals surface area contributed by atoms with Crippen LogP contribution in [0, 0.1) is 11.6 Å². The van der Waals surface area contributed by atoms with Crippen LogP contribution in [-0.4, -0.2) is 73.0 Å². The van der Waals surface area contributed by atoms with Gasteiger partial charge in [-0.3, -0.25) is 10.0 Å². The van der Waals surface area contributed by atoms with Crippen molar-refractivity contribution in [2.24, 2.45) is 0 Å². The van der Waals surface area contributed by atoms with Gasteiger partial charge in [0.15, 0.2) is 9.88 Å². The Morgan fingerprint density at radius 2 is 1.88 bits per heavy atom. The van der Waals surface area contributed by atoms with Crippen molar-refractivity contribution >= 4 is 32.4 Å². The summed E-state index contributed by atoms with van der Waals surface area (Å²) in [5, 5.41) is 9.74. The molecule has 0 unspecified atom stereocenters. The van der Waals surface area contributed by atoms with E-state index in [1.807, 2.05) is 4.90 Å². The first-order chi connectivity index (χ1) is 15.3. The van der Waals surface area contributed by atoms with Crippen molar-refractivity contribution in [2.45, 2.75) is 17.6 Å². The molecule has 2 N–H and O–H groups in total. The number of nitrogens with one attached hydrogen (secondary N) is 1. The number of carbonyl (C=O) groups excluding carboxylic acids is 1. The SMILES string of the molecule is O=C(NO)C1(S(=O)(=O)N2CCN(c3ncc(-c4ccc(F)cc4F)s3)CC2)CCOCC1. The largest absolute Gasteiger partial charge is 0.381 e. The molecule has 0 atom stereocenters. The Morgan fingerprint density at radius 1 is 1.19 bits per heavy atom. The summed E-state index contributed by atoms with van der Waals surface area (Å²) < 4.78 is 58.7. The van der Waals surface area contributed by atoms with Gasteiger partial charge in [0.1, 0.15) is 11.6 Å². The molecule has 2 saturated heterocycles. The van der Waals surface area contributed by atoms with Crippen LogP contribution in [0.5, 0.6) is 0 Å². The lowest BCUT2D eigenvalue weighted by Gasteiger charge is -2.41. The monoisotopic (exact) mass is 488 g/mol. The minimum Gasteiger partial charge on any atom is -0.381 e. The first kappa shape index (κ1) is 23.0. The van der Waals surface area contributed by atoms with Crippen LogP contribution in [0.25, 0.3) is 10.4 Å². The summed E-state index contributed by atoms with van der Waals surface area (Å²) in [5.74, 6) is -2.29. The van der Waals surface area contributed by atoms with Gasteiger partial charge in [0.2, 0.25) is 10.0 Å². The van der Waals surface area contributed by atoms with E-state index in [0.717, 1.165) is 6.07 Å². The van der Waals surface area contributed by atoms with E-state index < -0.39 is 32.3 Å². The maximum Gasteiger partial charge on any atom is 0.266 e. The maximum absolute atomic E-state index is 14.1. The van der Waals surface area contributed by atoms with Gasteiger partial charge in [-0.25, -0.2) is 27.7 Å². The highest BCUT2D eigenvalue weighted by Gasteiger charge is 2.54. The maximum atomic E-state index is 14.1. The number of rotatable bonds is 5. The molecule has 9 nitrogen and oxygen atoms in total. The van der Waals surface area contributed by atoms with Crippen LogP contribution >= 0.6 is 11.3 Å². The number of anilines is 1. The minimum absolute atomic E-state index is 0.0407. The van der Waals surface area contributed by atoms with E-state index in [2.05, 4.69) is 4.98 Å². The van der Waals surface area contributed by atoms with Gasteiger partial charge in [-0.15, -0.1) is 0 Å². The fourth-order valence-electron chi connectivity index (χ4n) is 4.00. The molecule has 0 saturated carbocycles. The van der Waals surface area contributed by atoms with Crippen LogP contribution in [0.3, 0.4) is 0 Å². The van der Waals surface area contributed by atoms with Gasteiger partial charge in [0, 0.05) is 70.1 Å². The molecule has 4 rings (SSSR count). The smallest absolute Gasteiger partial charge is 0.266 e. The molecule has 32 heavy (non-hydrogen) atoms. The number of benzene rings is 1. The van der Waals surface area contributed by atoms with E-state index in [1.165, 1.54) is 39.5 Å². The van der Waals surface area contributed by atoms with Gasteiger partial charge in [0.25, 0.3) is 5.91 Å². The molecule has 2 aliphatic heterocycles. The molecular weight excluding hydrogens is 466 g/mol. The van der Waals surface area contributed by atoms with Gasteiger partial charge in [-0.05, 0) is 12.1 Å². The van der Waals surface area contributed by atoms with E-state index in [-0.39, 0.29) is 44.7 Å². The predicted molar refractivity (Wildman–Crippen MR) is 113 cm³/mol. The zero-order chi connectivity index (χ0) is 22.9. The molecule has 1 aromatic carbocycles. The fourth-order valence-corrected chi connectivity index (χ4v) is 7.09. The Labute approximate surface area is 187 Å². The summed E-state index contributed by atoms with van der Waals surface area (Å²) in [6.07, 6.45) is 1.42. The van der Waals surface area contributed by atoms with Crippen LogP contribution in [0.15, 0.2) is 24.4 Å². The van der Waals surface area contributed by atoms with Crippen molar-refractivity contribution in [1.82, 2.24) is 14.8 Å². The van der Waals surface area contributed by atoms with E-state index in [4.69, 9.17) is 9.94 Å². The van der Waals surface area contributed by atoms with Gasteiger partial charge in [-0.1, -0.05) is 11.3 Å². The Hall–Kier alpha value is -2.19. The highest BCUT2D eigenvalue weighted by Crippen LogP contribution is 2.36. The quantitative estimate of drug-likeness (QED) is 0.486. The van der Waals surface area contributed by atoms with E-state index >= 15 is 0 Å². The third kappa shape index (κ3) is 3.99. The summed E-state index contributed by atoms with van der Waals surface area (Å²) in [5.41, 5.74) is 1.75. The second kappa shape index (κ2) is 8.98. The number of aromatic nitrogens is 1. The van der Waals surface area contributed by atoms with Crippen LogP contribution in [0.2, 0.25) is 0 Å². The van der Waals surface area contributed by atoms with Crippen molar-refractivity contribution in [3.8, 4) is 10.4 Å². The fraction of sp³-hybridized carbons (Fsp3) is 0.474. The number of nitrogens with zero attached hydrogens (tertiary/aromatic N) is 3. The first-order valence-corrected chi connectivity index (χ1v) is 12.2. The molecule has 0 bridgehead atoms. The van der Waals surface area contributed by atoms with E-state index in [9.17, 15) is 22.0 Å². The van der Waals surface area contributed by atoms with Crippen molar-refractivity contribution in [2.75, 3.05) is 44.3 Å². The van der Waals surface area contributed by atoms with Gasteiger partial charge >= 0.3 is 0 Å². The van der Waals surface area contributed by atoms with Crippen LogP contribution < -0.4 is 10.4 Å². The second-order valence-corrected chi connectivity index (χ2v) is 10.8. The lowest BCUT2D eigenvalue weighted by atomic mass is 9.98. The molecule has 3 heterocycles. The molecule has 174 valence electrons. The summed E-state index contributed by atoms with van der Waals surface area (Å²) in [7, 11) is -4.06. The third-order valence-electron chi connectivity index (χ3n) is 5.85. The van der Waals surface area contributed by atoms with Crippen molar-refractivity contribution < 1.29 is 31.9 Å². The summed E-state index contributed by atoms with van der Waals surface area (Å²) in [6.45, 7) is 1.12. The highest BCUT2D eigenvalue weighted by molar-refractivity contribution is 7.91. The van der Waals surface area contributed by atoms with Crippen LogP contribution in [-0.2, 0) is 19.6 Å². The molecule has 1 amide bonds. The van der Waals surface area contributed by atoms with Crippen LogP contribution in [0.4, 0.5) is 13.9 Å². The molecular formula is C19H22F2N4O5S2. The number of amides is 1. The number of hydrogen-bond acceptors (Lipinski definition) is 8. The minimum atomic E-state index is -4.06. The van der Waals surface area contributed by atoms with Gasteiger partial charge in [0.05, 0.1) is 4.88 Å². The number of sulfonamides is 1. The standard InChI is InChI=1S/C19H22F2N4O5S2/c20-13-1-2-14(15(21)11-13)16-12-22-18(31-16)24-5-7-25(8-6-24)32(28,29)19(17(26)23-27)3-9-30-10-4-19/h1-2,11-12,27H,3-10H2,(H,23,26). The first-order valence-electron chi connectivity index (χ1n) is 9.97. The van der Waals surface area contributed by atoms with E-state index in [1.54, 1.807) is 0 Å². The lowest BCUT2D eigenvalue weighted by Crippen LogP contribution is -2.62. The second-order valence-electron chi connectivity index (χ2n) is 7.57. The van der Waals surface area contributed by atoms with Crippen molar-refractivity contribution in [3.05, 3.63) is 36.0 Å². The highest BCUT2D eigenvalue weighted by atomic mass is 32.2. The molecule has 13 heteroatoms. The number of ether oxygens (including phenoxy) is 1. The predicted octanol–water partition coefficient (Wildman–Crippen LogP) is 1.59. The van der Waals surface area contributed by atoms with Crippen LogP contribution in [0.1, 0.15) is 12.8 Å². The summed E-state index contributed by atoms with van der Waals surface area (Å²) in [6, 6.07) is 3.34. The Morgan fingerprint density at radius 3 is 2.50 bits per heavy atom. The number of hydroxylamine groups is 1. The van der Waals surface area contributed by atoms with E-state index in [0.29, 0.717) is 23.1 Å². The average molecular weight is 489 g/mol. The average Bonchev–Trinajstić information content (AvgIpc) is 3.29. The van der Waals surface area contributed by atoms with Crippen molar-refractivity contribution in [3.63, 3.8) is 0 Å². The number of hydrogen-bond donors (Lipinski definition) is 2. The number of thiazole rings is 1. The molecule has 2 aromatic rings.